The van der Waals surface area contributed by atoms with Gasteiger partial charge in [-0.05, 0) is 49.4 Å². The summed E-state index contributed by atoms with van der Waals surface area (Å²) >= 11 is 0. The number of hydrogen-bond acceptors (Lipinski definition) is 1. The molecular formula is C14H17FN2. The minimum atomic E-state index is -0.178. The van der Waals surface area contributed by atoms with Crippen LogP contribution in [0, 0.1) is 5.82 Å². The monoisotopic (exact) mass is 232 g/mol. The van der Waals surface area contributed by atoms with E-state index in [0.717, 1.165) is 36.6 Å². The second-order valence-electron chi connectivity index (χ2n) is 5.29. The first-order valence-corrected chi connectivity index (χ1v) is 6.10. The molecule has 0 atom stereocenters. The molecule has 0 radical (unpaired) electrons. The van der Waals surface area contributed by atoms with Crippen LogP contribution in [0.3, 0.4) is 0 Å². The molecule has 0 bridgehead atoms. The second kappa shape index (κ2) is 3.57. The highest BCUT2D eigenvalue weighted by Crippen LogP contribution is 2.37. The lowest BCUT2D eigenvalue weighted by molar-refractivity contribution is 0.610. The lowest BCUT2D eigenvalue weighted by Crippen LogP contribution is -2.21. The smallest absolute Gasteiger partial charge is 0.125 e. The number of nitrogens with two attached hydrogens (primary N) is 1. The summed E-state index contributed by atoms with van der Waals surface area (Å²) in [6.45, 7) is 0. The molecule has 0 aliphatic heterocycles. The molecule has 1 fully saturated rings. The fraction of sp³-hybridized carbons (Fsp3) is 0.429. The third-order valence-corrected chi connectivity index (χ3v) is 3.82. The van der Waals surface area contributed by atoms with Gasteiger partial charge < -0.3 is 10.3 Å². The molecule has 0 saturated heterocycles. The SMILES string of the molecule is Cn1cc(CCC2(N)CC2)c2ccc(F)cc21. The minimum absolute atomic E-state index is 0.0855. The third kappa shape index (κ3) is 1.95. The Morgan fingerprint density at radius 3 is 2.88 bits per heavy atom. The molecule has 3 rings (SSSR count). The van der Waals surface area contributed by atoms with Crippen molar-refractivity contribution in [3.63, 3.8) is 0 Å². The summed E-state index contributed by atoms with van der Waals surface area (Å²) in [6, 6.07) is 4.99. The number of rotatable bonds is 3. The topological polar surface area (TPSA) is 30.9 Å². The zero-order valence-electron chi connectivity index (χ0n) is 10.0. The number of aryl methyl sites for hydroxylation is 2. The molecule has 2 N–H and O–H groups in total. The van der Waals surface area contributed by atoms with Gasteiger partial charge in [-0.3, -0.25) is 0 Å². The summed E-state index contributed by atoms with van der Waals surface area (Å²) in [4.78, 5) is 0. The van der Waals surface area contributed by atoms with Crippen LogP contribution in [0.2, 0.25) is 0 Å². The van der Waals surface area contributed by atoms with Crippen LogP contribution >= 0.6 is 0 Å². The predicted molar refractivity (Wildman–Crippen MR) is 67.4 cm³/mol. The maximum Gasteiger partial charge on any atom is 0.125 e. The maximum atomic E-state index is 13.2. The van der Waals surface area contributed by atoms with Crippen LogP contribution in [-0.2, 0) is 13.5 Å². The largest absolute Gasteiger partial charge is 0.350 e. The molecule has 1 saturated carbocycles. The molecule has 2 nitrogen and oxygen atoms in total. The van der Waals surface area contributed by atoms with Crippen molar-refractivity contribution in [3.8, 4) is 0 Å². The van der Waals surface area contributed by atoms with E-state index in [2.05, 4.69) is 6.20 Å². The Kier molecular flexibility index (Phi) is 2.26. The van der Waals surface area contributed by atoms with Gasteiger partial charge in [0.05, 0.1) is 5.52 Å². The molecule has 0 spiro atoms. The minimum Gasteiger partial charge on any atom is -0.350 e. The Morgan fingerprint density at radius 2 is 2.18 bits per heavy atom. The van der Waals surface area contributed by atoms with Crippen molar-refractivity contribution in [2.75, 3.05) is 0 Å². The Bertz CT molecular complexity index is 567. The van der Waals surface area contributed by atoms with Gasteiger partial charge in [-0.25, -0.2) is 4.39 Å². The van der Waals surface area contributed by atoms with Crippen molar-refractivity contribution in [2.45, 2.75) is 31.2 Å². The van der Waals surface area contributed by atoms with Crippen LogP contribution in [-0.4, -0.2) is 10.1 Å². The molecule has 2 aromatic rings. The number of halogens is 1. The molecule has 1 aliphatic rings. The van der Waals surface area contributed by atoms with E-state index in [1.165, 1.54) is 11.6 Å². The van der Waals surface area contributed by atoms with Gasteiger partial charge >= 0.3 is 0 Å². The summed E-state index contributed by atoms with van der Waals surface area (Å²) < 4.78 is 15.2. The molecule has 90 valence electrons. The summed E-state index contributed by atoms with van der Waals surface area (Å²) in [5.74, 6) is -0.178. The van der Waals surface area contributed by atoms with E-state index in [4.69, 9.17) is 5.73 Å². The number of nitrogens with zero attached hydrogens (tertiary/aromatic N) is 1. The van der Waals surface area contributed by atoms with Crippen LogP contribution in [0.1, 0.15) is 24.8 Å². The predicted octanol–water partition coefficient (Wildman–Crippen LogP) is 2.74. The van der Waals surface area contributed by atoms with E-state index >= 15 is 0 Å². The Labute approximate surface area is 100 Å². The van der Waals surface area contributed by atoms with Crippen molar-refractivity contribution >= 4 is 10.9 Å². The van der Waals surface area contributed by atoms with Crippen LogP contribution in [0.25, 0.3) is 10.9 Å². The van der Waals surface area contributed by atoms with E-state index < -0.39 is 0 Å². The average Bonchev–Trinajstić information content (AvgIpc) is 2.95. The quantitative estimate of drug-likeness (QED) is 0.866. The molecule has 3 heteroatoms. The molecule has 1 heterocycles. The van der Waals surface area contributed by atoms with Gasteiger partial charge in [0.25, 0.3) is 0 Å². The zero-order chi connectivity index (χ0) is 12.0. The van der Waals surface area contributed by atoms with E-state index in [1.54, 1.807) is 6.07 Å². The van der Waals surface area contributed by atoms with E-state index in [0.29, 0.717) is 0 Å². The lowest BCUT2D eigenvalue weighted by atomic mass is 10.0. The van der Waals surface area contributed by atoms with Crippen molar-refractivity contribution in [1.82, 2.24) is 4.57 Å². The Morgan fingerprint density at radius 1 is 1.41 bits per heavy atom. The highest BCUT2D eigenvalue weighted by Gasteiger charge is 2.37. The van der Waals surface area contributed by atoms with Gasteiger partial charge in [0.15, 0.2) is 0 Å². The molecule has 0 amide bonds. The first-order valence-electron chi connectivity index (χ1n) is 6.10. The zero-order valence-corrected chi connectivity index (χ0v) is 10.0. The van der Waals surface area contributed by atoms with Crippen LogP contribution in [0.5, 0.6) is 0 Å². The molecule has 1 aromatic carbocycles. The van der Waals surface area contributed by atoms with E-state index in [9.17, 15) is 4.39 Å². The molecule has 0 unspecified atom stereocenters. The lowest BCUT2D eigenvalue weighted by Gasteiger charge is -2.06. The number of benzene rings is 1. The standard InChI is InChI=1S/C14H17FN2/c1-17-9-10(4-5-14(16)6-7-14)12-3-2-11(15)8-13(12)17/h2-3,8-9H,4-7,16H2,1H3. The van der Waals surface area contributed by atoms with Crippen LogP contribution < -0.4 is 5.73 Å². The number of fused-ring (bicyclic) bond motifs is 1. The Balaban J connectivity index is 1.93. The second-order valence-corrected chi connectivity index (χ2v) is 5.29. The molecule has 1 aromatic heterocycles. The summed E-state index contributed by atoms with van der Waals surface area (Å²) in [5.41, 5.74) is 8.43. The van der Waals surface area contributed by atoms with E-state index in [-0.39, 0.29) is 11.4 Å². The summed E-state index contributed by atoms with van der Waals surface area (Å²) in [5, 5.41) is 1.15. The van der Waals surface area contributed by atoms with Crippen LogP contribution in [0.4, 0.5) is 4.39 Å². The van der Waals surface area contributed by atoms with Crippen molar-refractivity contribution in [1.29, 1.82) is 0 Å². The van der Waals surface area contributed by atoms with Crippen molar-refractivity contribution in [3.05, 3.63) is 35.8 Å². The Hall–Kier alpha value is -1.35. The van der Waals surface area contributed by atoms with Gasteiger partial charge in [0.1, 0.15) is 5.82 Å². The van der Waals surface area contributed by atoms with Gasteiger partial charge in [0, 0.05) is 24.2 Å². The normalized spacial score (nSPS) is 17.6. The van der Waals surface area contributed by atoms with Crippen molar-refractivity contribution in [2.24, 2.45) is 12.8 Å². The first kappa shape index (κ1) is 10.8. The average molecular weight is 232 g/mol. The van der Waals surface area contributed by atoms with Gasteiger partial charge in [-0.1, -0.05) is 0 Å². The van der Waals surface area contributed by atoms with Crippen LogP contribution in [0.15, 0.2) is 24.4 Å². The van der Waals surface area contributed by atoms with Gasteiger partial charge in [-0.15, -0.1) is 0 Å². The number of aromatic nitrogens is 1. The summed E-state index contributed by atoms with van der Waals surface area (Å²) in [6.07, 6.45) is 6.40. The molecular weight excluding hydrogens is 215 g/mol. The fourth-order valence-electron chi connectivity index (χ4n) is 2.43. The number of hydrogen-bond donors (Lipinski definition) is 1. The third-order valence-electron chi connectivity index (χ3n) is 3.82. The van der Waals surface area contributed by atoms with E-state index in [1.807, 2.05) is 17.7 Å². The maximum absolute atomic E-state index is 13.2. The van der Waals surface area contributed by atoms with Gasteiger partial charge in [0.2, 0.25) is 0 Å². The van der Waals surface area contributed by atoms with Crippen molar-refractivity contribution < 1.29 is 4.39 Å². The van der Waals surface area contributed by atoms with Gasteiger partial charge in [-0.2, -0.15) is 0 Å². The summed E-state index contributed by atoms with van der Waals surface area (Å²) in [7, 11) is 1.96. The molecule has 1 aliphatic carbocycles. The highest BCUT2D eigenvalue weighted by atomic mass is 19.1. The molecule has 17 heavy (non-hydrogen) atoms. The fourth-order valence-corrected chi connectivity index (χ4v) is 2.43. The first-order chi connectivity index (χ1) is 8.07. The highest BCUT2D eigenvalue weighted by molar-refractivity contribution is 5.84.